The molecule has 1 aromatic rings. The van der Waals surface area contributed by atoms with Crippen molar-refractivity contribution in [2.24, 2.45) is 0 Å². The van der Waals surface area contributed by atoms with Crippen LogP contribution >= 0.6 is 0 Å². The number of amides is 1. The second-order valence-electron chi connectivity index (χ2n) is 3.43. The summed E-state index contributed by atoms with van der Waals surface area (Å²) in [5.41, 5.74) is 1.27. The number of pyridine rings is 1. The first kappa shape index (κ1) is 12.4. The Balaban J connectivity index is 2.54. The molecule has 3 N–H and O–H groups in total. The van der Waals surface area contributed by atoms with E-state index in [1.54, 1.807) is 12.1 Å². The molecule has 0 bridgehead atoms. The summed E-state index contributed by atoms with van der Waals surface area (Å²) >= 11 is 0. The highest BCUT2D eigenvalue weighted by atomic mass is 16.4. The lowest BCUT2D eigenvalue weighted by atomic mass is 10.3. The van der Waals surface area contributed by atoms with Crippen LogP contribution in [0.5, 0.6) is 0 Å². The zero-order valence-corrected chi connectivity index (χ0v) is 9.05. The number of likely N-dealkylation sites (N-methyl/N-ethyl adjacent to an activating group) is 1. The van der Waals surface area contributed by atoms with Gasteiger partial charge in [-0.1, -0.05) is 0 Å². The minimum absolute atomic E-state index is 0.106. The Bertz CT molecular complexity index is 340. The number of hydrogen-bond acceptors (Lipinski definition) is 4. The van der Waals surface area contributed by atoms with Gasteiger partial charge in [0.05, 0.1) is 24.2 Å². The summed E-state index contributed by atoms with van der Waals surface area (Å²) in [5, 5.41) is 19.4. The molecule has 0 saturated carbocycles. The lowest BCUT2D eigenvalue weighted by Gasteiger charge is -2.14. The summed E-state index contributed by atoms with van der Waals surface area (Å²) < 4.78 is 0. The highest BCUT2D eigenvalue weighted by molar-refractivity contribution is 5.82. The van der Waals surface area contributed by atoms with Crippen LogP contribution in [0.15, 0.2) is 18.3 Å². The first-order valence-electron chi connectivity index (χ1n) is 4.86. The fourth-order valence-electron chi connectivity index (χ4n) is 1.24. The number of aromatic nitrogens is 1. The van der Waals surface area contributed by atoms with Crippen LogP contribution in [0.2, 0.25) is 0 Å². The second-order valence-corrected chi connectivity index (χ2v) is 3.43. The van der Waals surface area contributed by atoms with Crippen molar-refractivity contribution in [1.29, 1.82) is 0 Å². The number of carbonyl (C=O) groups is 1. The van der Waals surface area contributed by atoms with Crippen LogP contribution in [0.3, 0.4) is 0 Å². The predicted octanol–water partition coefficient (Wildman–Crippen LogP) is 0.596. The summed E-state index contributed by atoms with van der Waals surface area (Å²) in [5.74, 6) is 0. The maximum absolute atomic E-state index is 10.3. The van der Waals surface area contributed by atoms with E-state index in [4.69, 9.17) is 10.2 Å². The Morgan fingerprint density at radius 1 is 1.56 bits per heavy atom. The number of carboxylic acid groups (broad SMARTS) is 1. The van der Waals surface area contributed by atoms with Gasteiger partial charge in [0, 0.05) is 13.1 Å². The van der Waals surface area contributed by atoms with Gasteiger partial charge in [-0.15, -0.1) is 0 Å². The van der Waals surface area contributed by atoms with Crippen molar-refractivity contribution in [2.45, 2.75) is 6.54 Å². The van der Waals surface area contributed by atoms with Crippen LogP contribution in [0.25, 0.3) is 0 Å². The fourth-order valence-corrected chi connectivity index (χ4v) is 1.24. The van der Waals surface area contributed by atoms with E-state index in [1.165, 1.54) is 6.20 Å². The smallest absolute Gasteiger partial charge is 0.409 e. The van der Waals surface area contributed by atoms with Crippen molar-refractivity contribution in [2.75, 3.05) is 25.5 Å². The number of aliphatic hydroxyl groups excluding tert-OH is 1. The van der Waals surface area contributed by atoms with E-state index in [2.05, 4.69) is 10.3 Å². The molecular formula is C10H15N3O3. The summed E-state index contributed by atoms with van der Waals surface area (Å²) in [4.78, 5) is 16.4. The molecule has 1 heterocycles. The van der Waals surface area contributed by atoms with Gasteiger partial charge in [-0.25, -0.2) is 4.79 Å². The lowest BCUT2D eigenvalue weighted by molar-refractivity contribution is 0.209. The minimum atomic E-state index is -1.10. The fraction of sp³-hybridized carbons (Fsp3) is 0.400. The first-order valence-corrected chi connectivity index (χ1v) is 4.86. The summed E-state index contributed by atoms with van der Waals surface area (Å²) in [6.07, 6.45) is 0.364. The number of nitrogens with zero attached hydrogens (tertiary/aromatic N) is 2. The molecule has 1 amide bonds. The first-order chi connectivity index (χ1) is 7.61. The molecule has 1 rings (SSSR count). The van der Waals surface area contributed by atoms with Crippen LogP contribution in [0.1, 0.15) is 5.69 Å². The number of rotatable bonds is 5. The molecule has 0 aliphatic heterocycles. The summed E-state index contributed by atoms with van der Waals surface area (Å²) in [6, 6.07) is 3.41. The van der Waals surface area contributed by atoms with Crippen molar-refractivity contribution in [3.63, 3.8) is 0 Å². The van der Waals surface area contributed by atoms with Gasteiger partial charge in [0.15, 0.2) is 0 Å². The molecule has 16 heavy (non-hydrogen) atoms. The molecule has 0 aromatic carbocycles. The third-order valence-corrected chi connectivity index (χ3v) is 1.99. The maximum atomic E-state index is 10.3. The van der Waals surface area contributed by atoms with Gasteiger partial charge in [-0.05, 0) is 19.2 Å². The third kappa shape index (κ3) is 4.24. The summed E-state index contributed by atoms with van der Waals surface area (Å²) in [7, 11) is 1.88. The largest absolute Gasteiger partial charge is 0.465 e. The van der Waals surface area contributed by atoms with Crippen LogP contribution < -0.4 is 5.32 Å². The number of hydrogen-bond donors (Lipinski definition) is 3. The number of nitrogens with one attached hydrogen (secondary N) is 1. The molecule has 0 unspecified atom stereocenters. The van der Waals surface area contributed by atoms with Crippen molar-refractivity contribution in [1.82, 2.24) is 9.88 Å². The lowest BCUT2D eigenvalue weighted by Crippen LogP contribution is -2.22. The topological polar surface area (TPSA) is 85.7 Å². The Hall–Kier alpha value is -1.66. The zero-order valence-electron chi connectivity index (χ0n) is 9.05. The van der Waals surface area contributed by atoms with Gasteiger partial charge in [-0.2, -0.15) is 0 Å². The molecule has 6 heteroatoms. The average molecular weight is 225 g/mol. The molecule has 0 aliphatic carbocycles. The zero-order chi connectivity index (χ0) is 12.0. The van der Waals surface area contributed by atoms with Gasteiger partial charge in [0.25, 0.3) is 0 Å². The van der Waals surface area contributed by atoms with Gasteiger partial charge in [0.1, 0.15) is 0 Å². The Labute approximate surface area is 93.5 Å². The van der Waals surface area contributed by atoms with Gasteiger partial charge in [-0.3, -0.25) is 15.2 Å². The highest BCUT2D eigenvalue weighted by Gasteiger charge is 2.02. The average Bonchev–Trinajstić information content (AvgIpc) is 2.20. The molecular weight excluding hydrogens is 210 g/mol. The molecule has 0 fully saturated rings. The normalized spacial score (nSPS) is 10.4. The molecule has 0 spiro atoms. The van der Waals surface area contributed by atoms with Crippen LogP contribution in [-0.4, -0.2) is 46.4 Å². The van der Waals surface area contributed by atoms with E-state index in [0.29, 0.717) is 18.8 Å². The van der Waals surface area contributed by atoms with E-state index < -0.39 is 6.09 Å². The minimum Gasteiger partial charge on any atom is -0.465 e. The maximum Gasteiger partial charge on any atom is 0.409 e. The predicted molar refractivity (Wildman–Crippen MR) is 59.3 cm³/mol. The van der Waals surface area contributed by atoms with Gasteiger partial charge < -0.3 is 10.2 Å². The van der Waals surface area contributed by atoms with Crippen LogP contribution in [-0.2, 0) is 6.54 Å². The van der Waals surface area contributed by atoms with Gasteiger partial charge in [0.2, 0.25) is 0 Å². The molecule has 1 aromatic heterocycles. The van der Waals surface area contributed by atoms with Crippen LogP contribution in [0.4, 0.5) is 10.5 Å². The Morgan fingerprint density at radius 2 is 2.31 bits per heavy atom. The monoisotopic (exact) mass is 225 g/mol. The van der Waals surface area contributed by atoms with E-state index in [1.807, 2.05) is 11.9 Å². The molecule has 0 atom stereocenters. The third-order valence-electron chi connectivity index (χ3n) is 1.99. The highest BCUT2D eigenvalue weighted by Crippen LogP contribution is 2.07. The quantitative estimate of drug-likeness (QED) is 0.683. The van der Waals surface area contributed by atoms with E-state index in [0.717, 1.165) is 5.69 Å². The van der Waals surface area contributed by atoms with Gasteiger partial charge >= 0.3 is 6.09 Å². The van der Waals surface area contributed by atoms with Crippen molar-refractivity contribution in [3.05, 3.63) is 24.0 Å². The standard InChI is InChI=1S/C10H15N3O3/c1-13(4-5-14)7-9-3-2-8(6-11-9)12-10(15)16/h2-3,6,12,14H,4-5,7H2,1H3,(H,15,16). The van der Waals surface area contributed by atoms with Crippen molar-refractivity contribution in [3.8, 4) is 0 Å². The van der Waals surface area contributed by atoms with E-state index in [9.17, 15) is 4.79 Å². The molecule has 0 saturated heterocycles. The van der Waals surface area contributed by atoms with Crippen LogP contribution in [0, 0.1) is 0 Å². The molecule has 6 nitrogen and oxygen atoms in total. The SMILES string of the molecule is CN(CCO)Cc1ccc(NC(=O)O)cn1. The number of anilines is 1. The van der Waals surface area contributed by atoms with E-state index in [-0.39, 0.29) is 6.61 Å². The number of aliphatic hydroxyl groups is 1. The Kier molecular flexibility index (Phi) is 4.68. The van der Waals surface area contributed by atoms with Crippen molar-refractivity contribution < 1.29 is 15.0 Å². The molecule has 88 valence electrons. The Morgan fingerprint density at radius 3 is 2.81 bits per heavy atom. The van der Waals surface area contributed by atoms with E-state index >= 15 is 0 Å². The second kappa shape index (κ2) is 6.04. The summed E-state index contributed by atoms with van der Waals surface area (Å²) in [6.45, 7) is 1.31. The van der Waals surface area contributed by atoms with Crippen molar-refractivity contribution >= 4 is 11.8 Å². The molecule has 0 aliphatic rings. The molecule has 0 radical (unpaired) electrons.